The maximum Gasteiger partial charge on any atom is 0.319 e. The van der Waals surface area contributed by atoms with E-state index < -0.39 is 41.2 Å². The van der Waals surface area contributed by atoms with E-state index in [0.29, 0.717) is 29.7 Å². The smallest absolute Gasteiger partial charge is 0.319 e. The average molecular weight is 446 g/mol. The molecule has 1 aliphatic heterocycles. The summed E-state index contributed by atoms with van der Waals surface area (Å²) in [6.45, 7) is 4.03. The summed E-state index contributed by atoms with van der Waals surface area (Å²) < 4.78 is 14.9. The van der Waals surface area contributed by atoms with Gasteiger partial charge in [0, 0.05) is 5.92 Å². The second-order valence-electron chi connectivity index (χ2n) is 6.28. The van der Waals surface area contributed by atoms with Crippen LogP contribution >= 0.6 is 11.8 Å². The molecule has 31 heavy (non-hydrogen) atoms. The van der Waals surface area contributed by atoms with Crippen LogP contribution in [0.2, 0.25) is 0 Å². The zero-order valence-corrected chi connectivity index (χ0v) is 18.1. The highest BCUT2D eigenvalue weighted by atomic mass is 32.2. The van der Waals surface area contributed by atoms with Crippen LogP contribution in [-0.2, 0) is 28.7 Å². The molecule has 10 heteroatoms. The number of hydrogen-bond donors (Lipinski definition) is 1. The lowest BCUT2D eigenvalue weighted by Crippen LogP contribution is -2.44. The number of allylic oxidation sites excluding steroid dienone is 1. The van der Waals surface area contributed by atoms with Gasteiger partial charge in [-0.1, -0.05) is 12.1 Å². The first kappa shape index (κ1) is 24.0. The second kappa shape index (κ2) is 11.2. The van der Waals surface area contributed by atoms with Crippen molar-refractivity contribution in [2.45, 2.75) is 26.2 Å². The van der Waals surface area contributed by atoms with Gasteiger partial charge in [-0.15, -0.1) is 0 Å². The molecule has 1 heterocycles. The Labute approximate surface area is 183 Å². The molecular weight excluding hydrogens is 424 g/mol. The Hall–Kier alpha value is -3.32. The van der Waals surface area contributed by atoms with Crippen molar-refractivity contribution in [2.24, 2.45) is 5.92 Å². The van der Waals surface area contributed by atoms with Gasteiger partial charge < -0.3 is 19.5 Å². The largest absolute Gasteiger partial charge is 0.494 e. The second-order valence-corrected chi connectivity index (χ2v) is 7.35. The van der Waals surface area contributed by atoms with Crippen LogP contribution in [0.15, 0.2) is 34.9 Å². The van der Waals surface area contributed by atoms with E-state index in [4.69, 9.17) is 14.2 Å². The minimum absolute atomic E-state index is 0.0152. The summed E-state index contributed by atoms with van der Waals surface area (Å²) in [6, 6.07) is 8.60. The molecule has 0 radical (unpaired) electrons. The number of rotatable bonds is 8. The Morgan fingerprint density at radius 3 is 2.39 bits per heavy atom. The van der Waals surface area contributed by atoms with Crippen LogP contribution in [0.5, 0.6) is 5.75 Å². The zero-order chi connectivity index (χ0) is 23.0. The van der Waals surface area contributed by atoms with Crippen LogP contribution in [0.1, 0.15) is 31.7 Å². The van der Waals surface area contributed by atoms with Crippen molar-refractivity contribution >= 4 is 34.7 Å². The summed E-state index contributed by atoms with van der Waals surface area (Å²) in [4.78, 5) is 48.9. The lowest BCUT2D eigenvalue weighted by molar-refractivity contribution is -0.151. The Morgan fingerprint density at radius 1 is 1.16 bits per heavy atom. The van der Waals surface area contributed by atoms with E-state index in [1.165, 1.54) is 0 Å². The number of methoxy groups -OCH3 is 1. The third-order valence-electron chi connectivity index (χ3n) is 4.34. The minimum Gasteiger partial charge on any atom is -0.494 e. The monoisotopic (exact) mass is 446 g/mol. The molecule has 0 unspecified atom stereocenters. The van der Waals surface area contributed by atoms with Gasteiger partial charge in [0.25, 0.3) is 0 Å². The minimum atomic E-state index is -1.32. The van der Waals surface area contributed by atoms with Crippen molar-refractivity contribution in [1.82, 2.24) is 5.32 Å². The SMILES string of the molecule is CCOC(=O)CC(=O)SC1=C(C#N)[C@H](c2ccc(OCC)cc2)[C@H](C(=O)OC)C(=O)N1. The normalized spacial score (nSPS) is 17.9. The molecule has 0 fully saturated rings. The van der Waals surface area contributed by atoms with E-state index in [2.05, 4.69) is 5.32 Å². The average Bonchev–Trinajstić information content (AvgIpc) is 2.73. The first-order chi connectivity index (χ1) is 14.9. The van der Waals surface area contributed by atoms with E-state index in [9.17, 15) is 24.4 Å². The van der Waals surface area contributed by atoms with Crippen molar-refractivity contribution in [3.05, 3.63) is 40.4 Å². The number of nitrogens with zero attached hydrogens (tertiary/aromatic N) is 1. The standard InChI is InChI=1S/C21H22N2O7S/c1-4-29-13-8-6-12(7-9-13)17-14(11-22)20(23-19(26)18(17)21(27)28-3)31-16(25)10-15(24)30-5-2/h6-9,17-18H,4-5,10H2,1-3H3,(H,23,26)/t17-,18-/m0/s1. The Balaban J connectivity index is 2.46. The fourth-order valence-corrected chi connectivity index (χ4v) is 3.92. The third kappa shape index (κ3) is 5.86. The fourth-order valence-electron chi connectivity index (χ4n) is 3.06. The number of carbonyl (C=O) groups is 4. The molecule has 1 amide bonds. The van der Waals surface area contributed by atoms with Crippen molar-refractivity contribution in [2.75, 3.05) is 20.3 Å². The maximum atomic E-state index is 12.7. The predicted octanol–water partition coefficient (Wildman–Crippen LogP) is 2.04. The highest BCUT2D eigenvalue weighted by Gasteiger charge is 2.44. The number of benzene rings is 1. The number of thioether (sulfide) groups is 1. The quantitative estimate of drug-likeness (QED) is 0.470. The molecule has 0 aliphatic carbocycles. The van der Waals surface area contributed by atoms with Crippen LogP contribution in [0.4, 0.5) is 0 Å². The van der Waals surface area contributed by atoms with Gasteiger partial charge in [-0.2, -0.15) is 5.26 Å². The van der Waals surface area contributed by atoms with Crippen LogP contribution < -0.4 is 10.1 Å². The highest BCUT2D eigenvalue weighted by molar-refractivity contribution is 8.17. The molecule has 164 valence electrons. The molecule has 0 saturated heterocycles. The fraction of sp³-hybridized carbons (Fsp3) is 0.381. The lowest BCUT2D eigenvalue weighted by atomic mass is 9.78. The van der Waals surface area contributed by atoms with Gasteiger partial charge in [0.15, 0.2) is 0 Å². The van der Waals surface area contributed by atoms with Crippen LogP contribution in [0.3, 0.4) is 0 Å². The van der Waals surface area contributed by atoms with Gasteiger partial charge in [-0.05, 0) is 43.3 Å². The molecule has 0 saturated carbocycles. The number of nitriles is 1. The molecule has 1 aromatic carbocycles. The van der Waals surface area contributed by atoms with E-state index >= 15 is 0 Å². The molecule has 0 aromatic heterocycles. The number of hydrogen-bond acceptors (Lipinski definition) is 9. The number of nitrogens with one attached hydrogen (secondary N) is 1. The van der Waals surface area contributed by atoms with Gasteiger partial charge in [0.05, 0.1) is 37.0 Å². The molecule has 0 bridgehead atoms. The molecule has 1 N–H and O–H groups in total. The summed E-state index contributed by atoms with van der Waals surface area (Å²) in [5, 5.41) is 11.6. The molecular formula is C21H22N2O7S. The van der Waals surface area contributed by atoms with Crippen molar-refractivity contribution in [3.63, 3.8) is 0 Å². The highest BCUT2D eigenvalue weighted by Crippen LogP contribution is 2.40. The van der Waals surface area contributed by atoms with Crippen LogP contribution in [-0.4, -0.2) is 43.3 Å². The van der Waals surface area contributed by atoms with Gasteiger partial charge in [0.2, 0.25) is 11.0 Å². The molecule has 0 spiro atoms. The van der Waals surface area contributed by atoms with E-state index in [1.807, 2.05) is 13.0 Å². The molecule has 9 nitrogen and oxygen atoms in total. The first-order valence-electron chi connectivity index (χ1n) is 9.48. The summed E-state index contributed by atoms with van der Waals surface area (Å²) in [5.41, 5.74) is 0.516. The summed E-state index contributed by atoms with van der Waals surface area (Å²) >= 11 is 0.551. The molecule has 2 rings (SSSR count). The van der Waals surface area contributed by atoms with Gasteiger partial charge in [0.1, 0.15) is 18.1 Å². The Morgan fingerprint density at radius 2 is 1.84 bits per heavy atom. The number of esters is 2. The van der Waals surface area contributed by atoms with E-state index in [-0.39, 0.29) is 17.2 Å². The van der Waals surface area contributed by atoms with Gasteiger partial charge in [-0.3, -0.25) is 19.2 Å². The maximum absolute atomic E-state index is 12.7. The van der Waals surface area contributed by atoms with Crippen LogP contribution in [0, 0.1) is 17.2 Å². The Bertz CT molecular complexity index is 934. The molecule has 1 aliphatic rings. The number of ether oxygens (including phenoxy) is 3. The van der Waals surface area contributed by atoms with Crippen molar-refractivity contribution < 1.29 is 33.4 Å². The Kier molecular flexibility index (Phi) is 8.63. The van der Waals surface area contributed by atoms with Crippen molar-refractivity contribution in [1.29, 1.82) is 5.26 Å². The van der Waals surface area contributed by atoms with Crippen LogP contribution in [0.25, 0.3) is 0 Å². The van der Waals surface area contributed by atoms with Gasteiger partial charge >= 0.3 is 11.9 Å². The third-order valence-corrected chi connectivity index (χ3v) is 5.24. The lowest BCUT2D eigenvalue weighted by Gasteiger charge is -2.30. The summed E-state index contributed by atoms with van der Waals surface area (Å²) in [5.74, 6) is -3.94. The van der Waals surface area contributed by atoms with Crippen molar-refractivity contribution in [3.8, 4) is 11.8 Å². The number of amides is 1. The van der Waals surface area contributed by atoms with Gasteiger partial charge in [-0.25, -0.2) is 0 Å². The van der Waals surface area contributed by atoms with E-state index in [0.717, 1.165) is 7.11 Å². The topological polar surface area (TPSA) is 132 Å². The first-order valence-corrected chi connectivity index (χ1v) is 10.3. The zero-order valence-electron chi connectivity index (χ0n) is 17.3. The summed E-state index contributed by atoms with van der Waals surface area (Å²) in [7, 11) is 1.15. The number of carbonyl (C=O) groups excluding carboxylic acids is 4. The summed E-state index contributed by atoms with van der Waals surface area (Å²) in [6.07, 6.45) is -0.523. The van der Waals surface area contributed by atoms with E-state index in [1.54, 1.807) is 31.2 Å². The molecule has 1 aromatic rings. The predicted molar refractivity (Wildman–Crippen MR) is 110 cm³/mol. The molecule has 2 atom stereocenters.